The highest BCUT2D eigenvalue weighted by Crippen LogP contribution is 1.99. The van der Waals surface area contributed by atoms with Crippen molar-refractivity contribution in [3.8, 4) is 0 Å². The van der Waals surface area contributed by atoms with Gasteiger partial charge in [0, 0.05) is 21.0 Å². The summed E-state index contributed by atoms with van der Waals surface area (Å²) in [6, 6.07) is 0. The summed E-state index contributed by atoms with van der Waals surface area (Å²) in [6.07, 6.45) is 1.40. The van der Waals surface area contributed by atoms with Crippen molar-refractivity contribution in [3.05, 3.63) is 6.33 Å². The van der Waals surface area contributed by atoms with Gasteiger partial charge in [0.05, 0.1) is 0 Å². The number of aromatic nitrogens is 3. The van der Waals surface area contributed by atoms with Gasteiger partial charge < -0.3 is 4.90 Å². The quantitative estimate of drug-likeness (QED) is 0.571. The summed E-state index contributed by atoms with van der Waals surface area (Å²) < 4.78 is 1.20. The van der Waals surface area contributed by atoms with Crippen LogP contribution in [0.4, 0.5) is 5.95 Å². The molecule has 0 atom stereocenters. The molecule has 5 nitrogen and oxygen atoms in total. The molecule has 1 aromatic rings. The maximum atomic E-state index is 10.7. The number of nitrogens with zero attached hydrogens (tertiary/aromatic N) is 4. The van der Waals surface area contributed by atoms with Gasteiger partial charge in [0.2, 0.25) is 11.9 Å². The molecule has 0 fully saturated rings. The van der Waals surface area contributed by atoms with Crippen LogP contribution in [0.1, 0.15) is 11.7 Å². The normalized spacial score (nSPS) is 9.73. The number of hydrogen-bond acceptors (Lipinski definition) is 4. The first kappa shape index (κ1) is 7.71. The molecule has 0 aliphatic carbocycles. The van der Waals surface area contributed by atoms with Crippen molar-refractivity contribution in [3.63, 3.8) is 0 Å². The van der Waals surface area contributed by atoms with Gasteiger partial charge in [0.25, 0.3) is 0 Å². The first-order chi connectivity index (χ1) is 5.11. The fourth-order valence-electron chi connectivity index (χ4n) is 0.611. The molecule has 60 valence electrons. The van der Waals surface area contributed by atoms with Gasteiger partial charge in [-0.15, -0.1) is 5.10 Å². The van der Waals surface area contributed by atoms with Crippen molar-refractivity contribution in [2.75, 3.05) is 19.0 Å². The molecular formula is C6H10N4O. The summed E-state index contributed by atoms with van der Waals surface area (Å²) in [5.74, 6) is 0.408. The van der Waals surface area contributed by atoms with E-state index in [9.17, 15) is 4.79 Å². The zero-order chi connectivity index (χ0) is 8.43. The Morgan fingerprint density at radius 1 is 1.64 bits per heavy atom. The standard InChI is InChI=1S/C6H10N4O/c1-5(11)10-4-7-6(8-10)9(2)3/h4H,1-3H3. The van der Waals surface area contributed by atoms with Gasteiger partial charge in [0.1, 0.15) is 6.33 Å². The predicted octanol–water partition coefficient (Wildman–Crippen LogP) is 0.00420. The Morgan fingerprint density at radius 3 is 2.55 bits per heavy atom. The molecule has 0 aromatic carbocycles. The van der Waals surface area contributed by atoms with E-state index >= 15 is 0 Å². The zero-order valence-corrected chi connectivity index (χ0v) is 6.77. The molecule has 11 heavy (non-hydrogen) atoms. The highest BCUT2D eigenvalue weighted by Gasteiger charge is 2.03. The van der Waals surface area contributed by atoms with Crippen LogP contribution in [0.5, 0.6) is 0 Å². The lowest BCUT2D eigenvalue weighted by atomic mass is 10.7. The van der Waals surface area contributed by atoms with Crippen molar-refractivity contribution in [1.29, 1.82) is 0 Å². The minimum absolute atomic E-state index is 0.134. The number of carbonyl (C=O) groups is 1. The summed E-state index contributed by atoms with van der Waals surface area (Å²) in [4.78, 5) is 16.4. The lowest BCUT2D eigenvalue weighted by Gasteiger charge is -2.03. The van der Waals surface area contributed by atoms with Crippen LogP contribution >= 0.6 is 0 Å². The molecule has 0 spiro atoms. The fraction of sp³-hybridized carbons (Fsp3) is 0.500. The van der Waals surface area contributed by atoms with E-state index in [-0.39, 0.29) is 5.91 Å². The van der Waals surface area contributed by atoms with Crippen LogP contribution in [0.3, 0.4) is 0 Å². The second-order valence-electron chi connectivity index (χ2n) is 2.40. The van der Waals surface area contributed by atoms with Gasteiger partial charge in [0.15, 0.2) is 0 Å². The Hall–Kier alpha value is -1.39. The van der Waals surface area contributed by atoms with E-state index in [1.807, 2.05) is 14.1 Å². The Morgan fingerprint density at radius 2 is 2.27 bits per heavy atom. The summed E-state index contributed by atoms with van der Waals surface area (Å²) in [7, 11) is 3.64. The van der Waals surface area contributed by atoms with Gasteiger partial charge >= 0.3 is 0 Å². The van der Waals surface area contributed by atoms with Crippen LogP contribution in [0.25, 0.3) is 0 Å². The monoisotopic (exact) mass is 154 g/mol. The highest BCUT2D eigenvalue weighted by molar-refractivity contribution is 5.74. The van der Waals surface area contributed by atoms with Gasteiger partial charge in [-0.2, -0.15) is 9.67 Å². The zero-order valence-electron chi connectivity index (χ0n) is 6.77. The molecule has 0 saturated heterocycles. The molecule has 0 N–H and O–H groups in total. The molecule has 0 aliphatic rings. The minimum Gasteiger partial charge on any atom is -0.346 e. The largest absolute Gasteiger partial charge is 0.346 e. The van der Waals surface area contributed by atoms with Crippen LogP contribution < -0.4 is 4.90 Å². The highest BCUT2D eigenvalue weighted by atomic mass is 16.2. The van der Waals surface area contributed by atoms with E-state index in [2.05, 4.69) is 10.1 Å². The van der Waals surface area contributed by atoms with E-state index < -0.39 is 0 Å². The number of hydrogen-bond donors (Lipinski definition) is 0. The molecular weight excluding hydrogens is 144 g/mol. The first-order valence-corrected chi connectivity index (χ1v) is 3.21. The number of anilines is 1. The molecule has 0 aliphatic heterocycles. The van der Waals surface area contributed by atoms with Crippen molar-refractivity contribution in [2.45, 2.75) is 6.92 Å². The van der Waals surface area contributed by atoms with Crippen LogP contribution in [0.2, 0.25) is 0 Å². The Balaban J connectivity index is 2.90. The lowest BCUT2D eigenvalue weighted by Crippen LogP contribution is -2.12. The summed E-state index contributed by atoms with van der Waals surface area (Å²) in [6.45, 7) is 1.44. The third kappa shape index (κ3) is 1.54. The van der Waals surface area contributed by atoms with E-state index in [0.717, 1.165) is 0 Å². The summed E-state index contributed by atoms with van der Waals surface area (Å²) >= 11 is 0. The average Bonchev–Trinajstić information content (AvgIpc) is 2.33. The Labute approximate surface area is 64.6 Å². The van der Waals surface area contributed by atoms with E-state index in [0.29, 0.717) is 5.95 Å². The van der Waals surface area contributed by atoms with Crippen LogP contribution in [0.15, 0.2) is 6.33 Å². The maximum Gasteiger partial charge on any atom is 0.245 e. The molecule has 0 bridgehead atoms. The van der Waals surface area contributed by atoms with Gasteiger partial charge in [-0.3, -0.25) is 4.79 Å². The number of carbonyl (C=O) groups excluding carboxylic acids is 1. The van der Waals surface area contributed by atoms with Crippen LogP contribution in [0, 0.1) is 0 Å². The van der Waals surface area contributed by atoms with Crippen LogP contribution in [-0.2, 0) is 0 Å². The number of rotatable bonds is 1. The second-order valence-corrected chi connectivity index (χ2v) is 2.40. The Bertz CT molecular complexity index is 265. The molecule has 1 aromatic heterocycles. The third-order valence-corrected chi connectivity index (χ3v) is 1.20. The van der Waals surface area contributed by atoms with Gasteiger partial charge in [-0.05, 0) is 0 Å². The second kappa shape index (κ2) is 2.69. The molecule has 0 unspecified atom stereocenters. The van der Waals surface area contributed by atoms with Crippen LogP contribution in [-0.4, -0.2) is 34.8 Å². The molecule has 0 amide bonds. The average molecular weight is 154 g/mol. The first-order valence-electron chi connectivity index (χ1n) is 3.21. The van der Waals surface area contributed by atoms with Gasteiger partial charge in [-0.1, -0.05) is 0 Å². The van der Waals surface area contributed by atoms with Gasteiger partial charge in [-0.25, -0.2) is 0 Å². The van der Waals surface area contributed by atoms with E-state index in [1.54, 1.807) is 4.90 Å². The molecule has 1 heterocycles. The fourth-order valence-corrected chi connectivity index (χ4v) is 0.611. The molecule has 5 heteroatoms. The molecule has 1 rings (SSSR count). The SMILES string of the molecule is CC(=O)n1cnc(N(C)C)n1. The van der Waals surface area contributed by atoms with E-state index in [4.69, 9.17) is 0 Å². The van der Waals surface area contributed by atoms with E-state index in [1.165, 1.54) is 17.9 Å². The summed E-state index contributed by atoms with van der Waals surface area (Å²) in [5.41, 5.74) is 0. The topological polar surface area (TPSA) is 51.0 Å². The maximum absolute atomic E-state index is 10.7. The molecule has 0 radical (unpaired) electrons. The smallest absolute Gasteiger partial charge is 0.245 e. The predicted molar refractivity (Wildman–Crippen MR) is 40.6 cm³/mol. The van der Waals surface area contributed by atoms with Crippen molar-refractivity contribution < 1.29 is 4.79 Å². The Kier molecular flexibility index (Phi) is 1.89. The van der Waals surface area contributed by atoms with Crippen molar-refractivity contribution in [2.24, 2.45) is 0 Å². The van der Waals surface area contributed by atoms with Crippen molar-refractivity contribution in [1.82, 2.24) is 14.8 Å². The summed E-state index contributed by atoms with van der Waals surface area (Å²) in [5, 5.41) is 3.89. The molecule has 0 saturated carbocycles. The lowest BCUT2D eigenvalue weighted by molar-refractivity contribution is 0.0921. The third-order valence-electron chi connectivity index (χ3n) is 1.20. The minimum atomic E-state index is -0.134. The van der Waals surface area contributed by atoms with Crippen molar-refractivity contribution >= 4 is 11.9 Å².